The number of amides is 3. The van der Waals surface area contributed by atoms with Crippen molar-refractivity contribution in [2.45, 2.75) is 51.9 Å². The van der Waals surface area contributed by atoms with Gasteiger partial charge in [-0.1, -0.05) is 25.9 Å². The van der Waals surface area contributed by atoms with E-state index in [4.69, 9.17) is 9.26 Å². The van der Waals surface area contributed by atoms with Gasteiger partial charge in [0.05, 0.1) is 0 Å². The van der Waals surface area contributed by atoms with Crippen molar-refractivity contribution in [1.82, 2.24) is 15.0 Å². The van der Waals surface area contributed by atoms with Crippen LogP contribution in [0.4, 0.5) is 10.6 Å². The Kier molecular flexibility index (Phi) is 6.59. The van der Waals surface area contributed by atoms with Crippen LogP contribution in [0.25, 0.3) is 0 Å². The average molecular weight is 393 g/mol. The van der Waals surface area contributed by atoms with Gasteiger partial charge in [-0.25, -0.2) is 4.79 Å². The van der Waals surface area contributed by atoms with E-state index in [1.54, 1.807) is 11.0 Å². The summed E-state index contributed by atoms with van der Waals surface area (Å²) < 4.78 is 10.7. The van der Waals surface area contributed by atoms with Gasteiger partial charge in [0, 0.05) is 56.8 Å². The van der Waals surface area contributed by atoms with E-state index in [1.165, 1.54) is 0 Å². The van der Waals surface area contributed by atoms with E-state index in [0.29, 0.717) is 38.7 Å². The minimum atomic E-state index is -0.200. The number of urea groups is 1. The number of carbonyl (C=O) groups excluding carboxylic acids is 2. The molecule has 8 heteroatoms. The molecule has 2 aliphatic rings. The summed E-state index contributed by atoms with van der Waals surface area (Å²) in [5.41, 5.74) is -0.165. The van der Waals surface area contributed by atoms with Gasteiger partial charge in [-0.15, -0.1) is 0 Å². The van der Waals surface area contributed by atoms with Crippen molar-refractivity contribution < 1.29 is 18.8 Å². The number of aromatic nitrogens is 1. The summed E-state index contributed by atoms with van der Waals surface area (Å²) in [6, 6.07) is 1.57. The molecule has 0 unspecified atom stereocenters. The molecular weight excluding hydrogens is 360 g/mol. The Labute approximate surface area is 166 Å². The van der Waals surface area contributed by atoms with E-state index in [9.17, 15) is 9.59 Å². The SMILES string of the molecule is CC(C)(C)c1cc(NC(=O)N2CCCCN(C(=O)C3CCOCC3)CC2)no1. The van der Waals surface area contributed by atoms with E-state index in [1.807, 2.05) is 25.7 Å². The molecule has 0 radical (unpaired) electrons. The molecule has 2 saturated heterocycles. The first kappa shape index (κ1) is 20.6. The lowest BCUT2D eigenvalue weighted by Gasteiger charge is -2.33. The largest absolute Gasteiger partial charge is 0.381 e. The van der Waals surface area contributed by atoms with Crippen molar-refractivity contribution >= 4 is 17.8 Å². The summed E-state index contributed by atoms with van der Waals surface area (Å²) in [5, 5.41) is 6.78. The third kappa shape index (κ3) is 5.25. The van der Waals surface area contributed by atoms with Crippen LogP contribution < -0.4 is 5.32 Å². The maximum absolute atomic E-state index is 12.8. The number of nitrogens with zero attached hydrogens (tertiary/aromatic N) is 3. The molecular formula is C20H32N4O4. The monoisotopic (exact) mass is 392 g/mol. The summed E-state index contributed by atoms with van der Waals surface area (Å²) in [6.07, 6.45) is 3.36. The van der Waals surface area contributed by atoms with Crippen LogP contribution in [-0.4, -0.2) is 66.3 Å². The highest BCUT2D eigenvalue weighted by atomic mass is 16.5. The molecule has 1 N–H and O–H groups in total. The Morgan fingerprint density at radius 3 is 2.36 bits per heavy atom. The van der Waals surface area contributed by atoms with Gasteiger partial charge in [0.25, 0.3) is 0 Å². The molecule has 0 aromatic carbocycles. The second-order valence-corrected chi connectivity index (χ2v) is 8.66. The first-order valence-electron chi connectivity index (χ1n) is 10.2. The van der Waals surface area contributed by atoms with E-state index in [0.717, 1.165) is 38.0 Å². The molecule has 0 bridgehead atoms. The number of rotatable bonds is 2. The van der Waals surface area contributed by atoms with Crippen LogP contribution in [0.5, 0.6) is 0 Å². The van der Waals surface area contributed by atoms with Gasteiger partial charge in [-0.2, -0.15) is 0 Å². The number of hydrogen-bond acceptors (Lipinski definition) is 5. The highest BCUT2D eigenvalue weighted by Gasteiger charge is 2.28. The van der Waals surface area contributed by atoms with Gasteiger partial charge in [0.1, 0.15) is 5.76 Å². The zero-order valence-electron chi connectivity index (χ0n) is 17.2. The molecule has 2 aliphatic heterocycles. The maximum atomic E-state index is 12.8. The Morgan fingerprint density at radius 1 is 1.07 bits per heavy atom. The highest BCUT2D eigenvalue weighted by Crippen LogP contribution is 2.24. The first-order valence-corrected chi connectivity index (χ1v) is 10.2. The van der Waals surface area contributed by atoms with Crippen molar-refractivity contribution in [1.29, 1.82) is 0 Å². The fourth-order valence-electron chi connectivity index (χ4n) is 3.57. The van der Waals surface area contributed by atoms with Crippen LogP contribution >= 0.6 is 0 Å². The number of hydrogen-bond donors (Lipinski definition) is 1. The Hall–Kier alpha value is -2.09. The Bertz CT molecular complexity index is 676. The number of nitrogens with one attached hydrogen (secondary N) is 1. The zero-order valence-corrected chi connectivity index (χ0v) is 17.2. The molecule has 1 aromatic heterocycles. The van der Waals surface area contributed by atoms with Crippen LogP contribution in [0.1, 0.15) is 52.2 Å². The van der Waals surface area contributed by atoms with Crippen molar-refractivity contribution in [3.63, 3.8) is 0 Å². The molecule has 0 aliphatic carbocycles. The summed E-state index contributed by atoms with van der Waals surface area (Å²) in [7, 11) is 0. The van der Waals surface area contributed by atoms with Crippen LogP contribution in [0.2, 0.25) is 0 Å². The molecule has 3 heterocycles. The van der Waals surface area contributed by atoms with Crippen molar-refractivity contribution in [3.8, 4) is 0 Å². The quantitative estimate of drug-likeness (QED) is 0.836. The minimum absolute atomic E-state index is 0.0569. The van der Waals surface area contributed by atoms with Gasteiger partial charge < -0.3 is 19.1 Å². The summed E-state index contributed by atoms with van der Waals surface area (Å²) in [5.74, 6) is 1.41. The van der Waals surface area contributed by atoms with E-state index < -0.39 is 0 Å². The minimum Gasteiger partial charge on any atom is -0.381 e. The number of carbonyl (C=O) groups is 2. The summed E-state index contributed by atoms with van der Waals surface area (Å²) in [6.45, 7) is 9.93. The second-order valence-electron chi connectivity index (χ2n) is 8.66. The lowest BCUT2D eigenvalue weighted by molar-refractivity contribution is -0.139. The predicted molar refractivity (Wildman–Crippen MR) is 105 cm³/mol. The van der Waals surface area contributed by atoms with Crippen molar-refractivity contribution in [3.05, 3.63) is 11.8 Å². The second kappa shape index (κ2) is 8.94. The highest BCUT2D eigenvalue weighted by molar-refractivity contribution is 5.88. The Balaban J connectivity index is 1.56. The van der Waals surface area contributed by atoms with Gasteiger partial charge in [-0.3, -0.25) is 10.1 Å². The van der Waals surface area contributed by atoms with Crippen LogP contribution in [0.3, 0.4) is 0 Å². The molecule has 1 aromatic rings. The van der Waals surface area contributed by atoms with E-state index in [2.05, 4.69) is 10.5 Å². The fraction of sp³-hybridized carbons (Fsp3) is 0.750. The molecule has 0 saturated carbocycles. The average Bonchev–Trinajstić information content (AvgIpc) is 3.11. The molecule has 156 valence electrons. The van der Waals surface area contributed by atoms with Crippen LogP contribution in [0, 0.1) is 5.92 Å². The summed E-state index contributed by atoms with van der Waals surface area (Å²) >= 11 is 0. The molecule has 0 spiro atoms. The fourth-order valence-corrected chi connectivity index (χ4v) is 3.57. The molecule has 28 heavy (non-hydrogen) atoms. The van der Waals surface area contributed by atoms with Crippen molar-refractivity contribution in [2.24, 2.45) is 5.92 Å². The normalized spacial score (nSPS) is 19.8. The standard InChI is InChI=1S/C20H32N4O4/c1-20(2,3)16-14-17(22-28-16)21-19(26)24-9-5-4-8-23(10-11-24)18(25)15-6-12-27-13-7-15/h14-15H,4-13H2,1-3H3,(H,21,22,26). The first-order chi connectivity index (χ1) is 13.3. The van der Waals surface area contributed by atoms with Crippen LogP contribution in [0.15, 0.2) is 10.6 Å². The molecule has 2 fully saturated rings. The van der Waals surface area contributed by atoms with Gasteiger partial charge in [0.15, 0.2) is 5.82 Å². The van der Waals surface area contributed by atoms with Gasteiger partial charge in [-0.05, 0) is 25.7 Å². The predicted octanol–water partition coefficient (Wildman–Crippen LogP) is 2.86. The smallest absolute Gasteiger partial charge is 0.323 e. The molecule has 8 nitrogen and oxygen atoms in total. The Morgan fingerprint density at radius 2 is 1.71 bits per heavy atom. The topological polar surface area (TPSA) is 87.9 Å². The molecule has 3 rings (SSSR count). The molecule has 0 atom stereocenters. The van der Waals surface area contributed by atoms with Crippen molar-refractivity contribution in [2.75, 3.05) is 44.7 Å². The third-order valence-electron chi connectivity index (χ3n) is 5.40. The van der Waals surface area contributed by atoms with E-state index >= 15 is 0 Å². The number of anilines is 1. The summed E-state index contributed by atoms with van der Waals surface area (Å²) in [4.78, 5) is 29.2. The number of ether oxygens (including phenoxy) is 1. The third-order valence-corrected chi connectivity index (χ3v) is 5.40. The lowest BCUT2D eigenvalue weighted by atomic mass is 9.93. The lowest BCUT2D eigenvalue weighted by Crippen LogP contribution is -2.47. The van der Waals surface area contributed by atoms with Gasteiger partial charge >= 0.3 is 6.03 Å². The maximum Gasteiger partial charge on any atom is 0.323 e. The zero-order chi connectivity index (χ0) is 20.1. The van der Waals surface area contributed by atoms with Gasteiger partial charge in [0.2, 0.25) is 5.91 Å². The van der Waals surface area contributed by atoms with E-state index in [-0.39, 0.29) is 23.3 Å². The molecule has 3 amide bonds. The van der Waals surface area contributed by atoms with Crippen LogP contribution in [-0.2, 0) is 14.9 Å².